The Morgan fingerprint density at radius 1 is 1.21 bits per heavy atom. The van der Waals surface area contributed by atoms with Crippen LogP contribution in [0.1, 0.15) is 31.7 Å². The number of rotatable bonds is 10. The summed E-state index contributed by atoms with van der Waals surface area (Å²) >= 11 is 0. The molecule has 0 amide bonds. The van der Waals surface area contributed by atoms with E-state index in [1.807, 2.05) is 12.1 Å². The number of imidazole rings is 1. The molecule has 0 spiro atoms. The van der Waals surface area contributed by atoms with Crippen LogP contribution in [0, 0.1) is 0 Å². The van der Waals surface area contributed by atoms with Crippen LogP contribution in [0.4, 0.5) is 5.82 Å². The van der Waals surface area contributed by atoms with Gasteiger partial charge in [-0.25, -0.2) is 9.78 Å². The van der Waals surface area contributed by atoms with Crippen LogP contribution in [0.15, 0.2) is 23.1 Å². The zero-order chi connectivity index (χ0) is 23.2. The highest BCUT2D eigenvalue weighted by Crippen LogP contribution is 2.20. The van der Waals surface area contributed by atoms with Gasteiger partial charge in [-0.3, -0.25) is 4.57 Å². The summed E-state index contributed by atoms with van der Waals surface area (Å²) in [7, 11) is 1.58. The lowest BCUT2D eigenvalue weighted by atomic mass is 10.1. The van der Waals surface area contributed by atoms with Crippen molar-refractivity contribution < 1.29 is 14.2 Å². The number of pyridine rings is 1. The van der Waals surface area contributed by atoms with Crippen molar-refractivity contribution >= 4 is 17.0 Å². The molecule has 0 unspecified atom stereocenters. The highest BCUT2D eigenvalue weighted by atomic mass is 16.5. The molecule has 11 heteroatoms. The summed E-state index contributed by atoms with van der Waals surface area (Å²) in [6.07, 6.45) is 5.08. The Hall–Kier alpha value is -3.18. The summed E-state index contributed by atoms with van der Waals surface area (Å²) in [5, 5.41) is 0. The first-order valence-electron chi connectivity index (χ1n) is 11.3. The first-order valence-corrected chi connectivity index (χ1v) is 11.3. The Morgan fingerprint density at radius 3 is 2.73 bits per heavy atom. The molecule has 0 saturated carbocycles. The van der Waals surface area contributed by atoms with E-state index >= 15 is 0 Å². The second kappa shape index (κ2) is 10.6. The molecule has 1 saturated heterocycles. The smallest absolute Gasteiger partial charge is 0.328 e. The predicted molar refractivity (Wildman–Crippen MR) is 124 cm³/mol. The first kappa shape index (κ1) is 23.0. The standard InChI is InChI=1S/C22H31N7O4/c1-3-8-28-9-6-16(7-10-28)33-17-5-4-15(13-24-17)14-29-20-18(25-22(29)30)19(23)26-21(27-20)32-12-11-31-2/h4-5,13,16H,3,6-12,14H2,1-2H3,(H,25,30)(H2,23,26,27). The number of hydrogen-bond acceptors (Lipinski definition) is 9. The molecule has 4 rings (SSSR count). The molecule has 3 N–H and O–H groups in total. The lowest BCUT2D eigenvalue weighted by Gasteiger charge is -2.31. The van der Waals surface area contributed by atoms with E-state index in [4.69, 9.17) is 19.9 Å². The number of anilines is 1. The number of nitrogens with one attached hydrogen (secondary N) is 1. The Kier molecular flexibility index (Phi) is 7.40. The number of likely N-dealkylation sites (tertiary alicyclic amines) is 1. The van der Waals surface area contributed by atoms with Gasteiger partial charge in [0.05, 0.1) is 13.2 Å². The van der Waals surface area contributed by atoms with E-state index < -0.39 is 0 Å². The van der Waals surface area contributed by atoms with Crippen molar-refractivity contribution in [3.05, 3.63) is 34.4 Å². The van der Waals surface area contributed by atoms with E-state index in [9.17, 15) is 4.79 Å². The molecular formula is C22H31N7O4. The molecule has 3 aromatic heterocycles. The lowest BCUT2D eigenvalue weighted by Crippen LogP contribution is -2.38. The molecule has 0 atom stereocenters. The molecule has 1 fully saturated rings. The minimum absolute atomic E-state index is 0.0941. The molecule has 178 valence electrons. The van der Waals surface area contributed by atoms with Crippen molar-refractivity contribution in [2.75, 3.05) is 45.7 Å². The van der Waals surface area contributed by atoms with E-state index in [-0.39, 0.29) is 36.8 Å². The second-order valence-electron chi connectivity index (χ2n) is 8.11. The van der Waals surface area contributed by atoms with Crippen molar-refractivity contribution in [1.82, 2.24) is 29.4 Å². The number of ether oxygens (including phenoxy) is 3. The minimum Gasteiger partial charge on any atom is -0.474 e. The van der Waals surface area contributed by atoms with E-state index in [0.717, 1.165) is 38.0 Å². The Bertz CT molecular complexity index is 1100. The van der Waals surface area contributed by atoms with Gasteiger partial charge in [0.2, 0.25) is 5.88 Å². The van der Waals surface area contributed by atoms with Gasteiger partial charge in [0.15, 0.2) is 11.5 Å². The van der Waals surface area contributed by atoms with Gasteiger partial charge in [0, 0.05) is 32.5 Å². The van der Waals surface area contributed by atoms with Gasteiger partial charge < -0.3 is 29.8 Å². The van der Waals surface area contributed by atoms with Crippen LogP contribution in [0.2, 0.25) is 0 Å². The molecule has 0 radical (unpaired) electrons. The summed E-state index contributed by atoms with van der Waals surface area (Å²) in [5.41, 5.74) is 7.24. The van der Waals surface area contributed by atoms with Crippen molar-refractivity contribution in [3.8, 4) is 11.9 Å². The fourth-order valence-electron chi connectivity index (χ4n) is 3.95. The lowest BCUT2D eigenvalue weighted by molar-refractivity contribution is 0.0969. The molecule has 11 nitrogen and oxygen atoms in total. The van der Waals surface area contributed by atoms with Crippen molar-refractivity contribution in [2.45, 2.75) is 38.8 Å². The molecule has 4 heterocycles. The highest BCUT2D eigenvalue weighted by molar-refractivity contribution is 5.81. The average molecular weight is 458 g/mol. The minimum atomic E-state index is -0.334. The van der Waals surface area contributed by atoms with Crippen LogP contribution in [0.25, 0.3) is 11.2 Å². The van der Waals surface area contributed by atoms with Crippen LogP contribution < -0.4 is 20.9 Å². The summed E-state index contributed by atoms with van der Waals surface area (Å²) in [6.45, 7) is 6.40. The van der Waals surface area contributed by atoms with Crippen LogP contribution in [0.5, 0.6) is 11.9 Å². The summed E-state index contributed by atoms with van der Waals surface area (Å²) in [6, 6.07) is 3.84. The van der Waals surface area contributed by atoms with Crippen molar-refractivity contribution in [1.29, 1.82) is 0 Å². The van der Waals surface area contributed by atoms with Gasteiger partial charge in [-0.05, 0) is 31.4 Å². The van der Waals surface area contributed by atoms with Crippen molar-refractivity contribution in [3.63, 3.8) is 0 Å². The quantitative estimate of drug-likeness (QED) is 0.434. The molecule has 1 aliphatic rings. The molecule has 1 aliphatic heterocycles. The number of fused-ring (bicyclic) bond motifs is 1. The monoisotopic (exact) mass is 457 g/mol. The predicted octanol–water partition coefficient (Wildman–Crippen LogP) is 1.42. The van der Waals surface area contributed by atoms with Crippen LogP contribution >= 0.6 is 0 Å². The maximum atomic E-state index is 12.5. The summed E-state index contributed by atoms with van der Waals surface area (Å²) in [5.74, 6) is 0.745. The number of hydrogen-bond donors (Lipinski definition) is 2. The zero-order valence-electron chi connectivity index (χ0n) is 19.1. The number of nitrogens with zero attached hydrogens (tertiary/aromatic N) is 5. The fraction of sp³-hybridized carbons (Fsp3) is 0.545. The number of nitrogens with two attached hydrogens (primary N) is 1. The van der Waals surface area contributed by atoms with E-state index in [1.54, 1.807) is 13.3 Å². The van der Waals surface area contributed by atoms with Gasteiger partial charge in [-0.2, -0.15) is 9.97 Å². The molecule has 0 aromatic carbocycles. The van der Waals surface area contributed by atoms with E-state index in [0.29, 0.717) is 23.7 Å². The van der Waals surface area contributed by atoms with Crippen LogP contribution in [0.3, 0.4) is 0 Å². The number of methoxy groups -OCH3 is 1. The Morgan fingerprint density at radius 2 is 2.03 bits per heavy atom. The number of aromatic amines is 1. The number of nitrogen functional groups attached to an aromatic ring is 1. The Labute approximate surface area is 191 Å². The zero-order valence-corrected chi connectivity index (χ0v) is 19.1. The third-order valence-corrected chi connectivity index (χ3v) is 5.65. The molecule has 0 aliphatic carbocycles. The Balaban J connectivity index is 1.44. The molecular weight excluding hydrogens is 426 g/mol. The SMILES string of the molecule is CCCN1CCC(Oc2ccc(Cn3c(=O)[nH]c4c(N)nc(OCCOC)nc43)cn2)CC1. The number of piperidine rings is 1. The van der Waals surface area contributed by atoms with Gasteiger partial charge in [0.1, 0.15) is 18.2 Å². The largest absolute Gasteiger partial charge is 0.474 e. The maximum Gasteiger partial charge on any atom is 0.328 e. The molecule has 33 heavy (non-hydrogen) atoms. The first-order chi connectivity index (χ1) is 16.1. The van der Waals surface area contributed by atoms with Crippen LogP contribution in [-0.2, 0) is 11.3 Å². The highest BCUT2D eigenvalue weighted by Gasteiger charge is 2.20. The van der Waals surface area contributed by atoms with E-state index in [2.05, 4.69) is 31.8 Å². The maximum absolute atomic E-state index is 12.5. The topological polar surface area (TPSA) is 133 Å². The van der Waals surface area contributed by atoms with Crippen LogP contribution in [-0.4, -0.2) is 75.5 Å². The van der Waals surface area contributed by atoms with Gasteiger partial charge in [-0.1, -0.05) is 13.0 Å². The normalized spacial score (nSPS) is 15.2. The van der Waals surface area contributed by atoms with Crippen molar-refractivity contribution in [2.24, 2.45) is 0 Å². The third kappa shape index (κ3) is 5.60. The third-order valence-electron chi connectivity index (χ3n) is 5.65. The second-order valence-corrected chi connectivity index (χ2v) is 8.11. The van der Waals surface area contributed by atoms with Gasteiger partial charge in [-0.15, -0.1) is 0 Å². The average Bonchev–Trinajstić information content (AvgIpc) is 3.12. The van der Waals surface area contributed by atoms with E-state index in [1.165, 1.54) is 11.0 Å². The molecule has 3 aromatic rings. The van der Waals surface area contributed by atoms with Gasteiger partial charge in [0.25, 0.3) is 0 Å². The van der Waals surface area contributed by atoms with Gasteiger partial charge >= 0.3 is 11.7 Å². The fourth-order valence-corrected chi connectivity index (χ4v) is 3.95. The molecule has 0 bridgehead atoms. The summed E-state index contributed by atoms with van der Waals surface area (Å²) in [4.78, 5) is 30.6. The summed E-state index contributed by atoms with van der Waals surface area (Å²) < 4.78 is 18.0. The number of H-pyrrole nitrogens is 1. The number of aromatic nitrogens is 5.